The summed E-state index contributed by atoms with van der Waals surface area (Å²) in [6, 6.07) is 5.81. The molecule has 0 saturated heterocycles. The van der Waals surface area contributed by atoms with E-state index < -0.39 is 17.9 Å². The molecular formula is C22H28N2O5. The molecule has 1 saturated carbocycles. The second kappa shape index (κ2) is 8.76. The van der Waals surface area contributed by atoms with E-state index in [0.29, 0.717) is 24.0 Å². The largest absolute Gasteiger partial charge is 0.480 e. The van der Waals surface area contributed by atoms with E-state index in [1.54, 1.807) is 24.3 Å². The lowest BCUT2D eigenvalue weighted by Gasteiger charge is -2.33. The summed E-state index contributed by atoms with van der Waals surface area (Å²) in [7, 11) is 0. The highest BCUT2D eigenvalue weighted by Gasteiger charge is 2.40. The molecule has 1 aliphatic heterocycles. The van der Waals surface area contributed by atoms with Gasteiger partial charge in [0.05, 0.1) is 11.1 Å². The number of hydrogen-bond acceptors (Lipinski definition) is 4. The van der Waals surface area contributed by atoms with Crippen molar-refractivity contribution in [3.8, 4) is 0 Å². The van der Waals surface area contributed by atoms with Gasteiger partial charge in [0.15, 0.2) is 0 Å². The number of carboxylic acid groups (broad SMARTS) is 1. The van der Waals surface area contributed by atoms with Crippen LogP contribution in [0.25, 0.3) is 0 Å². The highest BCUT2D eigenvalue weighted by atomic mass is 16.4. The molecule has 2 N–H and O–H groups in total. The molecular weight excluding hydrogens is 372 g/mol. The van der Waals surface area contributed by atoms with Crippen LogP contribution in [0, 0.1) is 17.8 Å². The molecule has 3 rings (SSSR count). The number of nitrogens with one attached hydrogen (secondary N) is 1. The molecule has 1 fully saturated rings. The third-order valence-electron chi connectivity index (χ3n) is 5.86. The van der Waals surface area contributed by atoms with Gasteiger partial charge in [0.2, 0.25) is 5.91 Å². The Morgan fingerprint density at radius 1 is 1.10 bits per heavy atom. The summed E-state index contributed by atoms with van der Waals surface area (Å²) in [6.45, 7) is 4.01. The Morgan fingerprint density at radius 3 is 2.24 bits per heavy atom. The van der Waals surface area contributed by atoms with Crippen LogP contribution in [0.3, 0.4) is 0 Å². The van der Waals surface area contributed by atoms with Crippen molar-refractivity contribution in [1.29, 1.82) is 0 Å². The van der Waals surface area contributed by atoms with E-state index in [4.69, 9.17) is 0 Å². The van der Waals surface area contributed by atoms with Crippen molar-refractivity contribution in [2.45, 2.75) is 52.0 Å². The molecule has 156 valence electrons. The highest BCUT2D eigenvalue weighted by Crippen LogP contribution is 2.33. The fourth-order valence-corrected chi connectivity index (χ4v) is 4.38. The van der Waals surface area contributed by atoms with Crippen LogP contribution in [0.2, 0.25) is 0 Å². The molecule has 2 aliphatic rings. The van der Waals surface area contributed by atoms with Crippen molar-refractivity contribution < 1.29 is 24.3 Å². The molecule has 29 heavy (non-hydrogen) atoms. The zero-order chi connectivity index (χ0) is 21.1. The standard InChI is InChI=1S/C22H28N2O5/c1-13(2)11-18(22(28)29)23-19(25)15-8-4-3-7-14(15)12-24-20(26)16-9-5-6-10-17(16)21(24)27/h5-6,9-10,13-15,18H,3-4,7-8,11-12H2,1-2H3,(H,23,25)(H,28,29). The van der Waals surface area contributed by atoms with Gasteiger partial charge in [-0.05, 0) is 43.2 Å². The molecule has 0 aromatic heterocycles. The van der Waals surface area contributed by atoms with Crippen LogP contribution in [0.5, 0.6) is 0 Å². The number of imide groups is 1. The normalized spacial score (nSPS) is 22.5. The third kappa shape index (κ3) is 4.49. The summed E-state index contributed by atoms with van der Waals surface area (Å²) >= 11 is 0. The quantitative estimate of drug-likeness (QED) is 0.685. The fraction of sp³-hybridized carbons (Fsp3) is 0.545. The summed E-state index contributed by atoms with van der Waals surface area (Å²) in [4.78, 5) is 51.0. The van der Waals surface area contributed by atoms with Gasteiger partial charge in [-0.2, -0.15) is 0 Å². The van der Waals surface area contributed by atoms with Crippen LogP contribution in [0.4, 0.5) is 0 Å². The number of hydrogen-bond donors (Lipinski definition) is 2. The number of fused-ring (bicyclic) bond motifs is 1. The Kier molecular flexibility index (Phi) is 6.35. The predicted octanol–water partition coefficient (Wildman–Crippen LogP) is 2.70. The van der Waals surface area contributed by atoms with Crippen LogP contribution in [-0.2, 0) is 9.59 Å². The first-order chi connectivity index (χ1) is 13.8. The van der Waals surface area contributed by atoms with Gasteiger partial charge in [-0.25, -0.2) is 4.79 Å². The maximum atomic E-state index is 12.9. The lowest BCUT2D eigenvalue weighted by molar-refractivity contribution is -0.143. The van der Waals surface area contributed by atoms with Gasteiger partial charge in [0.1, 0.15) is 6.04 Å². The SMILES string of the molecule is CC(C)CC(NC(=O)C1CCCCC1CN1C(=O)c2ccccc2C1=O)C(=O)O. The first kappa shape index (κ1) is 21.0. The molecule has 3 unspecified atom stereocenters. The monoisotopic (exact) mass is 400 g/mol. The summed E-state index contributed by atoms with van der Waals surface area (Å²) in [6.07, 6.45) is 3.52. The minimum absolute atomic E-state index is 0.136. The Hall–Kier alpha value is -2.70. The molecule has 3 amide bonds. The van der Waals surface area contributed by atoms with Crippen LogP contribution in [-0.4, -0.2) is 46.3 Å². The number of rotatable bonds is 7. The van der Waals surface area contributed by atoms with Crippen molar-refractivity contribution in [3.05, 3.63) is 35.4 Å². The van der Waals surface area contributed by atoms with Gasteiger partial charge in [-0.1, -0.05) is 38.8 Å². The number of amides is 3. The van der Waals surface area contributed by atoms with Crippen molar-refractivity contribution >= 4 is 23.7 Å². The second-order valence-corrected chi connectivity index (χ2v) is 8.45. The number of carbonyl (C=O) groups is 4. The average molecular weight is 400 g/mol. The Morgan fingerprint density at radius 2 is 1.69 bits per heavy atom. The topological polar surface area (TPSA) is 104 Å². The van der Waals surface area contributed by atoms with Gasteiger partial charge in [-0.3, -0.25) is 19.3 Å². The molecule has 0 bridgehead atoms. The number of carboxylic acids is 1. The number of carbonyl (C=O) groups excluding carboxylic acids is 3. The van der Waals surface area contributed by atoms with Gasteiger partial charge in [0, 0.05) is 12.5 Å². The molecule has 7 heteroatoms. The first-order valence-electron chi connectivity index (χ1n) is 10.3. The van der Waals surface area contributed by atoms with Crippen LogP contribution >= 0.6 is 0 Å². The Balaban J connectivity index is 1.72. The molecule has 1 aliphatic carbocycles. The smallest absolute Gasteiger partial charge is 0.326 e. The van der Waals surface area contributed by atoms with Crippen LogP contribution in [0.15, 0.2) is 24.3 Å². The maximum absolute atomic E-state index is 12.9. The second-order valence-electron chi connectivity index (χ2n) is 8.45. The van der Waals surface area contributed by atoms with E-state index in [1.807, 2.05) is 13.8 Å². The fourth-order valence-electron chi connectivity index (χ4n) is 4.38. The van der Waals surface area contributed by atoms with Crippen LogP contribution < -0.4 is 5.32 Å². The van der Waals surface area contributed by atoms with E-state index in [9.17, 15) is 24.3 Å². The molecule has 1 aromatic carbocycles. The van der Waals surface area contributed by atoms with E-state index in [-0.39, 0.29) is 36.1 Å². The first-order valence-corrected chi connectivity index (χ1v) is 10.3. The lowest BCUT2D eigenvalue weighted by Crippen LogP contribution is -2.48. The van der Waals surface area contributed by atoms with E-state index in [0.717, 1.165) is 19.3 Å². The van der Waals surface area contributed by atoms with Crippen LogP contribution in [0.1, 0.15) is 66.7 Å². The molecule has 7 nitrogen and oxygen atoms in total. The molecule has 0 radical (unpaired) electrons. The zero-order valence-electron chi connectivity index (χ0n) is 16.9. The molecule has 3 atom stereocenters. The summed E-state index contributed by atoms with van der Waals surface area (Å²) in [5, 5.41) is 12.1. The minimum Gasteiger partial charge on any atom is -0.480 e. The van der Waals surface area contributed by atoms with Crippen molar-refractivity contribution in [2.75, 3.05) is 6.54 Å². The minimum atomic E-state index is -1.04. The van der Waals surface area contributed by atoms with E-state index >= 15 is 0 Å². The van der Waals surface area contributed by atoms with Crippen molar-refractivity contribution in [3.63, 3.8) is 0 Å². The number of aliphatic carboxylic acids is 1. The zero-order valence-corrected chi connectivity index (χ0v) is 16.9. The third-order valence-corrected chi connectivity index (χ3v) is 5.86. The molecule has 0 spiro atoms. The average Bonchev–Trinajstić information content (AvgIpc) is 2.92. The molecule has 1 aromatic rings. The predicted molar refractivity (Wildman–Crippen MR) is 106 cm³/mol. The van der Waals surface area contributed by atoms with E-state index in [1.165, 1.54) is 4.90 Å². The maximum Gasteiger partial charge on any atom is 0.326 e. The van der Waals surface area contributed by atoms with Crippen molar-refractivity contribution in [2.24, 2.45) is 17.8 Å². The van der Waals surface area contributed by atoms with E-state index in [2.05, 4.69) is 5.32 Å². The van der Waals surface area contributed by atoms with Gasteiger partial charge in [-0.15, -0.1) is 0 Å². The number of benzene rings is 1. The summed E-state index contributed by atoms with van der Waals surface area (Å²) < 4.78 is 0. The molecule has 1 heterocycles. The Labute approximate surface area is 170 Å². The summed E-state index contributed by atoms with van der Waals surface area (Å²) in [5.74, 6) is -2.41. The highest BCUT2D eigenvalue weighted by molar-refractivity contribution is 6.21. The van der Waals surface area contributed by atoms with Crippen molar-refractivity contribution in [1.82, 2.24) is 10.2 Å². The van der Waals surface area contributed by atoms with Gasteiger partial charge >= 0.3 is 5.97 Å². The van der Waals surface area contributed by atoms with Gasteiger partial charge < -0.3 is 10.4 Å². The van der Waals surface area contributed by atoms with Gasteiger partial charge in [0.25, 0.3) is 11.8 Å². The summed E-state index contributed by atoms with van der Waals surface area (Å²) in [5.41, 5.74) is 0.800. The Bertz CT molecular complexity index is 784. The number of nitrogens with zero attached hydrogens (tertiary/aromatic N) is 1. The lowest BCUT2D eigenvalue weighted by atomic mass is 9.78.